The summed E-state index contributed by atoms with van der Waals surface area (Å²) in [5.74, 6) is 0.726. The van der Waals surface area contributed by atoms with E-state index in [0.717, 1.165) is 12.5 Å². The first kappa shape index (κ1) is 14.5. The molecule has 0 aliphatic rings. The van der Waals surface area contributed by atoms with Gasteiger partial charge in [-0.25, -0.2) is 0 Å². The predicted molar refractivity (Wildman–Crippen MR) is 87.1 cm³/mol. The summed E-state index contributed by atoms with van der Waals surface area (Å²) >= 11 is 1.88. The van der Waals surface area contributed by atoms with E-state index in [2.05, 4.69) is 55.7 Å². The molecule has 1 N–H and O–H groups in total. The van der Waals surface area contributed by atoms with Gasteiger partial charge in [-0.15, -0.1) is 11.3 Å². The minimum Gasteiger partial charge on any atom is -0.314 e. The average molecular weight is 275 g/mol. The molecule has 0 aliphatic heterocycles. The van der Waals surface area contributed by atoms with Crippen molar-refractivity contribution >= 4 is 21.4 Å². The third-order valence-electron chi connectivity index (χ3n) is 3.99. The van der Waals surface area contributed by atoms with Gasteiger partial charge >= 0.3 is 0 Å². The van der Waals surface area contributed by atoms with Crippen molar-refractivity contribution in [3.8, 4) is 0 Å². The van der Waals surface area contributed by atoms with Crippen LogP contribution in [0.5, 0.6) is 0 Å². The Morgan fingerprint density at radius 2 is 2.00 bits per heavy atom. The van der Waals surface area contributed by atoms with Crippen LogP contribution in [-0.2, 0) is 6.42 Å². The Labute approximate surface area is 121 Å². The highest BCUT2D eigenvalue weighted by Gasteiger charge is 2.17. The van der Waals surface area contributed by atoms with Crippen LogP contribution in [0.25, 0.3) is 10.1 Å². The van der Waals surface area contributed by atoms with E-state index in [9.17, 15) is 0 Å². The van der Waals surface area contributed by atoms with E-state index in [1.807, 2.05) is 11.3 Å². The molecule has 0 radical (unpaired) electrons. The zero-order valence-electron chi connectivity index (χ0n) is 12.3. The van der Waals surface area contributed by atoms with E-state index in [4.69, 9.17) is 0 Å². The molecular weight excluding hydrogens is 250 g/mol. The largest absolute Gasteiger partial charge is 0.314 e. The van der Waals surface area contributed by atoms with E-state index < -0.39 is 0 Å². The highest BCUT2D eigenvalue weighted by Crippen LogP contribution is 2.29. The Balaban J connectivity index is 2.09. The first-order valence-electron chi connectivity index (χ1n) is 7.44. The van der Waals surface area contributed by atoms with Crippen LogP contribution in [-0.4, -0.2) is 12.6 Å². The quantitative estimate of drug-likeness (QED) is 0.761. The fraction of sp³-hybridized carbons (Fsp3) is 0.529. The maximum atomic E-state index is 3.65. The van der Waals surface area contributed by atoms with Crippen molar-refractivity contribution in [1.29, 1.82) is 0 Å². The Morgan fingerprint density at radius 1 is 1.21 bits per heavy atom. The van der Waals surface area contributed by atoms with E-state index >= 15 is 0 Å². The van der Waals surface area contributed by atoms with Crippen molar-refractivity contribution in [1.82, 2.24) is 5.32 Å². The number of nitrogens with one attached hydrogen (secondary N) is 1. The first-order chi connectivity index (χ1) is 9.26. The minimum atomic E-state index is 0.601. The molecule has 104 valence electrons. The molecule has 19 heavy (non-hydrogen) atoms. The number of benzene rings is 1. The van der Waals surface area contributed by atoms with Crippen LogP contribution in [0.1, 0.15) is 39.2 Å². The molecule has 2 unspecified atom stereocenters. The van der Waals surface area contributed by atoms with Gasteiger partial charge in [0.1, 0.15) is 0 Å². The summed E-state index contributed by atoms with van der Waals surface area (Å²) < 4.78 is 1.42. The Hall–Kier alpha value is -0.860. The highest BCUT2D eigenvalue weighted by atomic mass is 32.1. The number of thiophene rings is 1. The van der Waals surface area contributed by atoms with Crippen molar-refractivity contribution in [3.05, 3.63) is 35.2 Å². The number of hydrogen-bond acceptors (Lipinski definition) is 2. The normalized spacial score (nSPS) is 14.7. The van der Waals surface area contributed by atoms with Gasteiger partial charge in [0.25, 0.3) is 0 Å². The van der Waals surface area contributed by atoms with Gasteiger partial charge in [0.05, 0.1) is 0 Å². The summed E-state index contributed by atoms with van der Waals surface area (Å²) in [6, 6.07) is 9.37. The van der Waals surface area contributed by atoms with Gasteiger partial charge in [-0.05, 0) is 54.6 Å². The van der Waals surface area contributed by atoms with Crippen LogP contribution >= 0.6 is 11.3 Å². The third kappa shape index (κ3) is 3.58. The Kier molecular flexibility index (Phi) is 5.41. The average Bonchev–Trinajstić information content (AvgIpc) is 2.85. The van der Waals surface area contributed by atoms with Crippen molar-refractivity contribution in [2.24, 2.45) is 5.92 Å². The zero-order chi connectivity index (χ0) is 13.7. The van der Waals surface area contributed by atoms with Gasteiger partial charge in [-0.1, -0.05) is 38.5 Å². The van der Waals surface area contributed by atoms with Crippen molar-refractivity contribution < 1.29 is 0 Å². The second-order valence-corrected chi connectivity index (χ2v) is 6.28. The molecule has 1 heterocycles. The van der Waals surface area contributed by atoms with Crippen LogP contribution in [0.4, 0.5) is 0 Å². The van der Waals surface area contributed by atoms with Crippen LogP contribution in [0.2, 0.25) is 0 Å². The van der Waals surface area contributed by atoms with Gasteiger partial charge in [0, 0.05) is 10.7 Å². The third-order valence-corrected chi connectivity index (χ3v) is 5.00. The second-order valence-electron chi connectivity index (χ2n) is 5.37. The van der Waals surface area contributed by atoms with Gasteiger partial charge in [-0.3, -0.25) is 0 Å². The molecule has 0 amide bonds. The Morgan fingerprint density at radius 3 is 2.74 bits per heavy atom. The lowest BCUT2D eigenvalue weighted by molar-refractivity contribution is 0.363. The minimum absolute atomic E-state index is 0.601. The molecule has 0 bridgehead atoms. The maximum absolute atomic E-state index is 3.65. The lowest BCUT2D eigenvalue weighted by Crippen LogP contribution is -2.34. The summed E-state index contributed by atoms with van der Waals surface area (Å²) in [6.45, 7) is 8.00. The summed E-state index contributed by atoms with van der Waals surface area (Å²) in [4.78, 5) is 0. The van der Waals surface area contributed by atoms with E-state index in [1.54, 1.807) is 0 Å². The topological polar surface area (TPSA) is 12.0 Å². The molecule has 2 rings (SSSR count). The predicted octanol–water partition coefficient (Wildman–Crippen LogP) is 4.86. The van der Waals surface area contributed by atoms with Crippen LogP contribution in [0.15, 0.2) is 29.6 Å². The summed E-state index contributed by atoms with van der Waals surface area (Å²) in [6.07, 6.45) is 3.64. The molecule has 0 saturated carbocycles. The molecule has 1 aromatic heterocycles. The summed E-state index contributed by atoms with van der Waals surface area (Å²) in [5, 5.41) is 7.45. The first-order valence-corrected chi connectivity index (χ1v) is 8.32. The molecule has 2 heteroatoms. The number of rotatable bonds is 7. The van der Waals surface area contributed by atoms with E-state index in [1.165, 1.54) is 34.9 Å². The number of fused-ring (bicyclic) bond motifs is 1. The molecule has 2 aromatic rings. The fourth-order valence-electron chi connectivity index (χ4n) is 2.69. The maximum Gasteiger partial charge on any atom is 0.0345 e. The van der Waals surface area contributed by atoms with Crippen molar-refractivity contribution in [2.45, 2.75) is 46.1 Å². The standard InChI is InChI=1S/C17H25NS/c1-4-10-18-13(3)14(5-2)11-15-12-19-17-9-7-6-8-16(15)17/h6-9,12-14,18H,4-5,10-11H2,1-3H3. The molecule has 1 nitrogen and oxygen atoms in total. The van der Waals surface area contributed by atoms with Crippen molar-refractivity contribution in [3.63, 3.8) is 0 Å². The van der Waals surface area contributed by atoms with Gasteiger partial charge in [-0.2, -0.15) is 0 Å². The lowest BCUT2D eigenvalue weighted by atomic mass is 9.90. The van der Waals surface area contributed by atoms with Gasteiger partial charge in [0.2, 0.25) is 0 Å². The molecule has 0 spiro atoms. The smallest absolute Gasteiger partial charge is 0.0345 e. The molecular formula is C17H25NS. The lowest BCUT2D eigenvalue weighted by Gasteiger charge is -2.23. The van der Waals surface area contributed by atoms with Crippen LogP contribution in [0, 0.1) is 5.92 Å². The molecule has 0 aliphatic carbocycles. The van der Waals surface area contributed by atoms with E-state index in [-0.39, 0.29) is 0 Å². The molecule has 0 fully saturated rings. The molecule has 0 saturated heterocycles. The highest BCUT2D eigenvalue weighted by molar-refractivity contribution is 7.17. The zero-order valence-corrected chi connectivity index (χ0v) is 13.1. The number of hydrogen-bond donors (Lipinski definition) is 1. The van der Waals surface area contributed by atoms with Crippen molar-refractivity contribution in [2.75, 3.05) is 6.54 Å². The molecule has 1 aromatic carbocycles. The van der Waals surface area contributed by atoms with Gasteiger partial charge < -0.3 is 5.32 Å². The summed E-state index contributed by atoms with van der Waals surface area (Å²) in [7, 11) is 0. The molecule has 2 atom stereocenters. The Bertz CT molecular complexity index is 503. The van der Waals surface area contributed by atoms with Gasteiger partial charge in [0.15, 0.2) is 0 Å². The summed E-state index contributed by atoms with van der Waals surface area (Å²) in [5.41, 5.74) is 1.53. The SMILES string of the molecule is CCCNC(C)C(CC)Cc1csc2ccccc12. The van der Waals surface area contributed by atoms with Crippen LogP contribution in [0.3, 0.4) is 0 Å². The van der Waals surface area contributed by atoms with E-state index in [0.29, 0.717) is 6.04 Å². The van der Waals surface area contributed by atoms with Crippen LogP contribution < -0.4 is 5.32 Å². The second kappa shape index (κ2) is 7.06. The fourth-order valence-corrected chi connectivity index (χ4v) is 3.66. The monoisotopic (exact) mass is 275 g/mol.